The number of para-hydroxylation sites is 1. The van der Waals surface area contributed by atoms with Crippen LogP contribution in [0.4, 0.5) is 11.4 Å². The molecule has 0 radical (unpaired) electrons. The van der Waals surface area contributed by atoms with Gasteiger partial charge in [-0.1, -0.05) is 101 Å². The van der Waals surface area contributed by atoms with E-state index in [4.69, 9.17) is 0 Å². The number of anilines is 2. The molecule has 4 atom stereocenters. The molecule has 5 heteroatoms. The third kappa shape index (κ3) is 4.47. The van der Waals surface area contributed by atoms with E-state index in [2.05, 4.69) is 55.3 Å². The third-order valence-electron chi connectivity index (χ3n) is 9.73. The number of hydrogen-bond acceptors (Lipinski definition) is 4. The molecular weight excluding hydrogens is 532 g/mol. The molecule has 3 aliphatic heterocycles. The summed E-state index contributed by atoms with van der Waals surface area (Å²) in [5.41, 5.74) is 5.31. The summed E-state index contributed by atoms with van der Waals surface area (Å²) < 4.78 is 0. The Balaban J connectivity index is 1.59. The second-order valence-corrected chi connectivity index (χ2v) is 13.6. The van der Waals surface area contributed by atoms with Gasteiger partial charge in [0, 0.05) is 27.9 Å². The summed E-state index contributed by atoms with van der Waals surface area (Å²) in [4.78, 5) is 46.3. The van der Waals surface area contributed by atoms with Crippen LogP contribution in [-0.4, -0.2) is 29.6 Å². The summed E-state index contributed by atoms with van der Waals surface area (Å²) in [6.45, 7) is 12.0. The zero-order valence-electron chi connectivity index (χ0n) is 26.2. The van der Waals surface area contributed by atoms with E-state index in [1.54, 1.807) is 0 Å². The van der Waals surface area contributed by atoms with E-state index in [0.717, 1.165) is 47.2 Å². The summed E-state index contributed by atoms with van der Waals surface area (Å²) in [5, 5.41) is 3.13. The van der Waals surface area contributed by atoms with E-state index in [9.17, 15) is 14.4 Å². The van der Waals surface area contributed by atoms with Crippen molar-refractivity contribution in [3.8, 4) is 0 Å². The smallest absolute Gasteiger partial charge is 0.238 e. The lowest BCUT2D eigenvalue weighted by Gasteiger charge is -2.40. The van der Waals surface area contributed by atoms with Crippen molar-refractivity contribution in [1.29, 1.82) is 0 Å². The Hall–Kier alpha value is -3.99. The summed E-state index contributed by atoms with van der Waals surface area (Å²) in [6, 6.07) is 20.4. The van der Waals surface area contributed by atoms with Gasteiger partial charge in [0.15, 0.2) is 11.6 Å². The molecule has 0 aromatic heterocycles. The lowest BCUT2D eigenvalue weighted by molar-refractivity contribution is -0.128. The second-order valence-electron chi connectivity index (χ2n) is 13.6. The lowest BCUT2D eigenvalue weighted by Crippen LogP contribution is -2.51. The zero-order valence-corrected chi connectivity index (χ0v) is 26.2. The molecule has 0 saturated carbocycles. The molecule has 3 aliphatic rings. The number of Topliss-reactive ketones (excluding diaryl/α,β-unsaturated/α-hetero) is 2. The SMILES string of the molecule is CCCCCc1ccc(C(=O)[C@@H]2[C@H](C(=O)C(C)(C)C)N3c4ccc(C)cc4C(C)=C[C@H]3[C@]23C(=O)Nc2ccccc23)cc1. The van der Waals surface area contributed by atoms with E-state index >= 15 is 0 Å². The van der Waals surface area contributed by atoms with Crippen molar-refractivity contribution in [3.63, 3.8) is 0 Å². The van der Waals surface area contributed by atoms with E-state index < -0.39 is 28.8 Å². The first-order valence-electron chi connectivity index (χ1n) is 15.7. The molecule has 0 aliphatic carbocycles. The first kappa shape index (κ1) is 29.1. The fraction of sp³-hybridized carbons (Fsp3) is 0.395. The minimum absolute atomic E-state index is 0.0411. The molecule has 6 rings (SSSR count). The van der Waals surface area contributed by atoms with Gasteiger partial charge in [-0.05, 0) is 61.6 Å². The number of nitrogens with zero attached hydrogens (tertiary/aromatic N) is 1. The van der Waals surface area contributed by atoms with Crippen molar-refractivity contribution in [3.05, 3.63) is 101 Å². The fourth-order valence-corrected chi connectivity index (χ4v) is 7.58. The first-order chi connectivity index (χ1) is 20.5. The average Bonchev–Trinajstić information content (AvgIpc) is 3.44. The lowest BCUT2D eigenvalue weighted by atomic mass is 9.63. The highest BCUT2D eigenvalue weighted by molar-refractivity contribution is 6.17. The van der Waals surface area contributed by atoms with Crippen molar-refractivity contribution in [1.82, 2.24) is 0 Å². The maximum Gasteiger partial charge on any atom is 0.238 e. The van der Waals surface area contributed by atoms with Crippen LogP contribution in [0.25, 0.3) is 5.57 Å². The Bertz CT molecular complexity index is 1640. The van der Waals surface area contributed by atoms with Crippen molar-refractivity contribution in [2.24, 2.45) is 11.3 Å². The number of amides is 1. The van der Waals surface area contributed by atoms with Gasteiger partial charge in [-0.25, -0.2) is 0 Å². The van der Waals surface area contributed by atoms with Gasteiger partial charge in [-0.2, -0.15) is 0 Å². The van der Waals surface area contributed by atoms with E-state index in [1.807, 2.05) is 69.3 Å². The predicted octanol–water partition coefficient (Wildman–Crippen LogP) is 7.71. The van der Waals surface area contributed by atoms with Crippen LogP contribution in [0.1, 0.15) is 86.5 Å². The van der Waals surface area contributed by atoms with Gasteiger partial charge in [0.2, 0.25) is 5.91 Å². The molecule has 43 heavy (non-hydrogen) atoms. The van der Waals surface area contributed by atoms with E-state index in [1.165, 1.54) is 12.0 Å². The fourth-order valence-electron chi connectivity index (χ4n) is 7.58. The number of carbonyl (C=O) groups excluding carboxylic acids is 3. The molecule has 3 heterocycles. The second kappa shape index (κ2) is 10.6. The summed E-state index contributed by atoms with van der Waals surface area (Å²) in [7, 11) is 0. The van der Waals surface area contributed by atoms with Gasteiger partial charge in [0.05, 0.1) is 12.0 Å². The Kier molecular flexibility index (Phi) is 7.19. The van der Waals surface area contributed by atoms with E-state index in [-0.39, 0.29) is 17.5 Å². The van der Waals surface area contributed by atoms with Gasteiger partial charge in [0.25, 0.3) is 0 Å². The molecular formula is C38H42N2O3. The van der Waals surface area contributed by atoms with E-state index in [0.29, 0.717) is 11.3 Å². The number of unbranched alkanes of at least 4 members (excludes halogenated alkanes) is 2. The zero-order chi connectivity index (χ0) is 30.7. The number of nitrogens with one attached hydrogen (secondary N) is 1. The Labute approximate surface area is 255 Å². The molecule has 1 amide bonds. The van der Waals surface area contributed by atoms with Crippen molar-refractivity contribution >= 4 is 34.4 Å². The number of aryl methyl sites for hydroxylation is 2. The molecule has 3 aromatic carbocycles. The third-order valence-corrected chi connectivity index (χ3v) is 9.73. The van der Waals surface area contributed by atoms with Crippen molar-refractivity contribution in [2.45, 2.75) is 84.7 Å². The molecule has 1 spiro atoms. The molecule has 1 saturated heterocycles. The quantitative estimate of drug-likeness (QED) is 0.232. The van der Waals surface area contributed by atoms with Crippen molar-refractivity contribution < 1.29 is 14.4 Å². The minimum atomic E-state index is -1.27. The molecule has 0 bridgehead atoms. The van der Waals surface area contributed by atoms with Crippen LogP contribution >= 0.6 is 0 Å². The number of rotatable bonds is 7. The van der Waals surface area contributed by atoms with Crippen molar-refractivity contribution in [2.75, 3.05) is 10.2 Å². The molecule has 1 N–H and O–H groups in total. The van der Waals surface area contributed by atoms with Gasteiger partial charge < -0.3 is 10.2 Å². The summed E-state index contributed by atoms with van der Waals surface area (Å²) >= 11 is 0. The van der Waals surface area contributed by atoms with Crippen LogP contribution in [0.15, 0.2) is 72.8 Å². The number of carbonyl (C=O) groups is 3. The highest BCUT2D eigenvalue weighted by Gasteiger charge is 2.71. The van der Waals surface area contributed by atoms with Crippen LogP contribution in [0.2, 0.25) is 0 Å². The normalized spacial score (nSPS) is 23.9. The first-order valence-corrected chi connectivity index (χ1v) is 15.7. The molecule has 5 nitrogen and oxygen atoms in total. The topological polar surface area (TPSA) is 66.5 Å². The number of hydrogen-bond donors (Lipinski definition) is 1. The van der Waals surface area contributed by atoms with Crippen LogP contribution < -0.4 is 10.2 Å². The molecule has 222 valence electrons. The predicted molar refractivity (Wildman–Crippen MR) is 174 cm³/mol. The monoisotopic (exact) mass is 574 g/mol. The maximum absolute atomic E-state index is 15.0. The van der Waals surface area contributed by atoms with Gasteiger partial charge in [0.1, 0.15) is 11.5 Å². The van der Waals surface area contributed by atoms with Crippen LogP contribution in [-0.2, 0) is 21.4 Å². The van der Waals surface area contributed by atoms with Gasteiger partial charge >= 0.3 is 0 Å². The highest BCUT2D eigenvalue weighted by atomic mass is 16.2. The average molecular weight is 575 g/mol. The van der Waals surface area contributed by atoms with Crippen LogP contribution in [0, 0.1) is 18.3 Å². The molecule has 1 fully saturated rings. The molecule has 0 unspecified atom stereocenters. The number of benzene rings is 3. The minimum Gasteiger partial charge on any atom is -0.352 e. The highest BCUT2D eigenvalue weighted by Crippen LogP contribution is 2.59. The van der Waals surface area contributed by atoms with Crippen LogP contribution in [0.5, 0.6) is 0 Å². The largest absolute Gasteiger partial charge is 0.352 e. The van der Waals surface area contributed by atoms with Gasteiger partial charge in [-0.3, -0.25) is 14.4 Å². The Morgan fingerprint density at radius 3 is 2.37 bits per heavy atom. The number of allylic oxidation sites excluding steroid dienone is 1. The Morgan fingerprint density at radius 2 is 1.67 bits per heavy atom. The number of fused-ring (bicyclic) bond motifs is 6. The molecule has 3 aromatic rings. The van der Waals surface area contributed by atoms with Crippen LogP contribution in [0.3, 0.4) is 0 Å². The van der Waals surface area contributed by atoms with Gasteiger partial charge in [-0.15, -0.1) is 0 Å². The standard InChI is InChI=1S/C38H42N2O3/c1-7-8-9-12-25-16-18-26(19-17-25)34(41)32-33(35(42)37(4,5)6)40-30-20-15-23(2)21-27(30)24(3)22-31(40)38(32)28-13-10-11-14-29(28)39-36(38)43/h10-11,13-22,31-33H,7-9,12H2,1-6H3,(H,39,43)/t31-,32-,33+,38-/m0/s1. The number of ketones is 2. The summed E-state index contributed by atoms with van der Waals surface area (Å²) in [6.07, 6.45) is 6.52. The maximum atomic E-state index is 15.0. The summed E-state index contributed by atoms with van der Waals surface area (Å²) in [5.74, 6) is -1.35. The Morgan fingerprint density at radius 1 is 0.953 bits per heavy atom.